The number of hydrogen-bond donors (Lipinski definition) is 2. The summed E-state index contributed by atoms with van der Waals surface area (Å²) in [5.74, 6) is -0.595. The quantitative estimate of drug-likeness (QED) is 0.197. The molecule has 0 fully saturated rings. The van der Waals surface area contributed by atoms with Crippen molar-refractivity contribution in [1.82, 2.24) is 5.43 Å². The van der Waals surface area contributed by atoms with E-state index in [9.17, 15) is 30.7 Å². The molecule has 3 rings (SSSR count). The Bertz CT molecular complexity index is 1100. The average molecular weight is 475 g/mol. The fourth-order valence-corrected chi connectivity index (χ4v) is 2.69. The van der Waals surface area contributed by atoms with Crippen LogP contribution in [0.5, 0.6) is 0 Å². The molecule has 2 N–H and O–H groups in total. The Hall–Kier alpha value is -3.41. The van der Waals surface area contributed by atoms with Crippen LogP contribution in [0.1, 0.15) is 16.9 Å². The summed E-state index contributed by atoms with van der Waals surface area (Å²) < 4.78 is 96.2. The van der Waals surface area contributed by atoms with Crippen molar-refractivity contribution in [1.29, 1.82) is 0 Å². The minimum atomic E-state index is -4.97. The molecular formula is C20H12F7N3OS. The molecule has 0 aliphatic heterocycles. The van der Waals surface area contributed by atoms with Crippen LogP contribution in [0.3, 0.4) is 0 Å². The minimum Gasteiger partial charge on any atom is -0.455 e. The third-order valence-electron chi connectivity index (χ3n) is 3.96. The van der Waals surface area contributed by atoms with E-state index in [4.69, 9.17) is 16.6 Å². The Kier molecular flexibility index (Phi) is 6.53. The summed E-state index contributed by atoms with van der Waals surface area (Å²) >= 11 is 4.99. The normalized spacial score (nSPS) is 12.2. The Labute approximate surface area is 181 Å². The van der Waals surface area contributed by atoms with Gasteiger partial charge >= 0.3 is 12.4 Å². The van der Waals surface area contributed by atoms with Crippen LogP contribution in [0.15, 0.2) is 64.1 Å². The van der Waals surface area contributed by atoms with E-state index in [2.05, 4.69) is 15.8 Å². The van der Waals surface area contributed by atoms with Crippen molar-refractivity contribution in [3.05, 3.63) is 77.3 Å². The summed E-state index contributed by atoms with van der Waals surface area (Å²) in [7, 11) is 0. The Morgan fingerprint density at radius 1 is 0.875 bits per heavy atom. The van der Waals surface area contributed by atoms with Crippen LogP contribution in [0.25, 0.3) is 11.3 Å². The van der Waals surface area contributed by atoms with E-state index in [1.54, 1.807) is 0 Å². The zero-order chi connectivity index (χ0) is 23.5. The van der Waals surface area contributed by atoms with Crippen LogP contribution in [0.2, 0.25) is 0 Å². The smallest absolute Gasteiger partial charge is 0.416 e. The van der Waals surface area contributed by atoms with E-state index >= 15 is 0 Å². The highest BCUT2D eigenvalue weighted by Gasteiger charge is 2.37. The lowest BCUT2D eigenvalue weighted by molar-refractivity contribution is -0.143. The van der Waals surface area contributed by atoms with Crippen molar-refractivity contribution in [3.8, 4) is 11.3 Å². The van der Waals surface area contributed by atoms with Gasteiger partial charge < -0.3 is 9.73 Å². The second-order valence-electron chi connectivity index (χ2n) is 6.33. The number of thiocarbonyl (C=S) groups is 1. The summed E-state index contributed by atoms with van der Waals surface area (Å²) in [5, 5.41) is 6.54. The van der Waals surface area contributed by atoms with Crippen molar-refractivity contribution < 1.29 is 35.2 Å². The molecule has 0 aliphatic carbocycles. The molecular weight excluding hydrogens is 463 g/mol. The first-order valence-electron chi connectivity index (χ1n) is 8.67. The second kappa shape index (κ2) is 8.99. The van der Waals surface area contributed by atoms with Gasteiger partial charge in [0.2, 0.25) is 0 Å². The summed E-state index contributed by atoms with van der Waals surface area (Å²) in [6.45, 7) is 0. The van der Waals surface area contributed by atoms with E-state index in [-0.39, 0.29) is 22.7 Å². The van der Waals surface area contributed by atoms with Gasteiger partial charge in [0, 0.05) is 11.3 Å². The molecule has 0 bridgehead atoms. The summed E-state index contributed by atoms with van der Waals surface area (Å²) in [4.78, 5) is 0. The lowest BCUT2D eigenvalue weighted by atomic mass is 10.0. The van der Waals surface area contributed by atoms with Gasteiger partial charge in [-0.2, -0.15) is 31.4 Å². The number of halogens is 7. The van der Waals surface area contributed by atoms with E-state index in [0.717, 1.165) is 6.21 Å². The first kappa shape index (κ1) is 23.3. The third kappa shape index (κ3) is 6.06. The van der Waals surface area contributed by atoms with Crippen molar-refractivity contribution in [2.75, 3.05) is 5.32 Å². The molecule has 0 saturated carbocycles. The fourth-order valence-electron chi connectivity index (χ4n) is 2.52. The van der Waals surface area contributed by atoms with Crippen molar-refractivity contribution in [2.24, 2.45) is 5.10 Å². The molecule has 1 aromatic heterocycles. The van der Waals surface area contributed by atoms with Gasteiger partial charge in [0.1, 0.15) is 17.3 Å². The highest BCUT2D eigenvalue weighted by Crippen LogP contribution is 2.38. The number of rotatable bonds is 4. The third-order valence-corrected chi connectivity index (χ3v) is 4.15. The van der Waals surface area contributed by atoms with Gasteiger partial charge in [-0.05, 0) is 66.8 Å². The van der Waals surface area contributed by atoms with Crippen LogP contribution in [0, 0.1) is 5.82 Å². The Morgan fingerprint density at radius 2 is 1.47 bits per heavy atom. The zero-order valence-corrected chi connectivity index (χ0v) is 16.5. The van der Waals surface area contributed by atoms with Crippen molar-refractivity contribution >= 4 is 29.2 Å². The van der Waals surface area contributed by atoms with E-state index in [1.165, 1.54) is 36.4 Å². The number of nitrogens with one attached hydrogen (secondary N) is 2. The first-order chi connectivity index (χ1) is 14.9. The SMILES string of the molecule is Fc1ccc(NC(=S)N/N=C\c2ccc(-c3cc(C(F)(F)F)cc(C(F)(F)F)c3)o2)cc1. The van der Waals surface area contributed by atoms with E-state index < -0.39 is 34.9 Å². The number of anilines is 1. The first-order valence-corrected chi connectivity index (χ1v) is 9.08. The minimum absolute atomic E-state index is 0.0355. The van der Waals surface area contributed by atoms with Gasteiger partial charge in [0.25, 0.3) is 0 Å². The molecule has 3 aromatic rings. The summed E-state index contributed by atoms with van der Waals surface area (Å²) in [6, 6.07) is 9.01. The second-order valence-corrected chi connectivity index (χ2v) is 6.74. The molecule has 168 valence electrons. The Morgan fingerprint density at radius 3 is 2.03 bits per heavy atom. The van der Waals surface area contributed by atoms with Crippen LogP contribution < -0.4 is 10.7 Å². The number of benzene rings is 2. The van der Waals surface area contributed by atoms with Gasteiger partial charge in [-0.15, -0.1) is 0 Å². The molecule has 0 saturated heterocycles. The molecule has 1 heterocycles. The number of hydrogen-bond acceptors (Lipinski definition) is 3. The molecule has 0 unspecified atom stereocenters. The number of furan rings is 1. The highest BCUT2D eigenvalue weighted by molar-refractivity contribution is 7.80. The molecule has 0 atom stereocenters. The molecule has 0 radical (unpaired) electrons. The van der Waals surface area contributed by atoms with Gasteiger partial charge in [-0.25, -0.2) is 4.39 Å². The molecule has 4 nitrogen and oxygen atoms in total. The van der Waals surface area contributed by atoms with Crippen molar-refractivity contribution in [2.45, 2.75) is 12.4 Å². The van der Waals surface area contributed by atoms with Crippen LogP contribution >= 0.6 is 12.2 Å². The molecule has 0 aliphatic rings. The predicted octanol–water partition coefficient (Wildman–Crippen LogP) is 6.44. The lowest BCUT2D eigenvalue weighted by Crippen LogP contribution is -2.23. The van der Waals surface area contributed by atoms with Gasteiger partial charge in [-0.3, -0.25) is 5.43 Å². The van der Waals surface area contributed by atoms with Crippen LogP contribution in [0.4, 0.5) is 36.4 Å². The number of nitrogens with zero attached hydrogens (tertiary/aromatic N) is 1. The molecule has 32 heavy (non-hydrogen) atoms. The van der Waals surface area contributed by atoms with Crippen molar-refractivity contribution in [3.63, 3.8) is 0 Å². The maximum absolute atomic E-state index is 13.0. The van der Waals surface area contributed by atoms with Crippen LogP contribution in [-0.4, -0.2) is 11.3 Å². The van der Waals surface area contributed by atoms with Crippen LogP contribution in [-0.2, 0) is 12.4 Å². The van der Waals surface area contributed by atoms with E-state index in [1.807, 2.05) is 0 Å². The summed E-state index contributed by atoms with van der Waals surface area (Å²) in [5.41, 5.74) is -0.367. The Balaban J connectivity index is 1.73. The largest absolute Gasteiger partial charge is 0.455 e. The maximum atomic E-state index is 13.0. The standard InChI is InChI=1S/C20H12F7N3OS/c21-14-1-3-15(4-2-14)29-18(32)30-28-10-16-5-6-17(31-16)11-7-12(19(22,23)24)9-13(8-11)20(25,26)27/h1-10H,(H2,29,30,32)/b28-10-. The number of hydrazone groups is 1. The molecule has 0 amide bonds. The zero-order valence-electron chi connectivity index (χ0n) is 15.7. The topological polar surface area (TPSA) is 49.6 Å². The monoisotopic (exact) mass is 475 g/mol. The molecule has 0 spiro atoms. The predicted molar refractivity (Wildman–Crippen MR) is 107 cm³/mol. The van der Waals surface area contributed by atoms with Gasteiger partial charge in [0.05, 0.1) is 17.3 Å². The highest BCUT2D eigenvalue weighted by atomic mass is 32.1. The maximum Gasteiger partial charge on any atom is 0.416 e. The van der Waals surface area contributed by atoms with E-state index in [0.29, 0.717) is 17.8 Å². The average Bonchev–Trinajstić information content (AvgIpc) is 3.17. The number of alkyl halides is 6. The van der Waals surface area contributed by atoms with Gasteiger partial charge in [-0.1, -0.05) is 0 Å². The summed E-state index contributed by atoms with van der Waals surface area (Å²) in [6.07, 6.45) is -8.81. The van der Waals surface area contributed by atoms with Gasteiger partial charge in [0.15, 0.2) is 5.11 Å². The fraction of sp³-hybridized carbons (Fsp3) is 0.100. The molecule has 12 heteroatoms. The lowest BCUT2D eigenvalue weighted by Gasteiger charge is -2.13. The molecule has 2 aromatic carbocycles.